The van der Waals surface area contributed by atoms with E-state index in [2.05, 4.69) is 19.9 Å². The summed E-state index contributed by atoms with van der Waals surface area (Å²) in [7, 11) is 0. The van der Waals surface area contributed by atoms with Crippen molar-refractivity contribution in [3.05, 3.63) is 23.3 Å². The molecule has 0 aliphatic heterocycles. The Kier molecular flexibility index (Phi) is 4.25. The van der Waals surface area contributed by atoms with Gasteiger partial charge < -0.3 is 4.74 Å². The van der Waals surface area contributed by atoms with Gasteiger partial charge in [0.2, 0.25) is 0 Å². The zero-order valence-electron chi connectivity index (χ0n) is 16.8. The van der Waals surface area contributed by atoms with Crippen LogP contribution in [0.2, 0.25) is 0 Å². The summed E-state index contributed by atoms with van der Waals surface area (Å²) in [6.07, 6.45) is 9.29. The van der Waals surface area contributed by atoms with Gasteiger partial charge in [-0.1, -0.05) is 18.6 Å². The van der Waals surface area contributed by atoms with Gasteiger partial charge >= 0.3 is 5.97 Å². The fourth-order valence-corrected chi connectivity index (χ4v) is 7.04. The molecule has 0 unspecified atom stereocenters. The predicted molar refractivity (Wildman–Crippen MR) is 102 cm³/mol. The number of rotatable bonds is 2. The third-order valence-corrected chi connectivity index (χ3v) is 8.22. The van der Waals surface area contributed by atoms with E-state index < -0.39 is 5.60 Å². The summed E-state index contributed by atoms with van der Waals surface area (Å²) >= 11 is 0. The monoisotopic (exact) mass is 370 g/mol. The zero-order chi connectivity index (χ0) is 19.6. The Morgan fingerprint density at radius 1 is 1.15 bits per heavy atom. The summed E-state index contributed by atoms with van der Waals surface area (Å²) in [5, 5.41) is 0. The van der Waals surface area contributed by atoms with Crippen LogP contribution in [0, 0.1) is 29.1 Å². The van der Waals surface area contributed by atoms with Crippen molar-refractivity contribution in [2.75, 3.05) is 0 Å². The standard InChI is InChI=1S/C23H30O4/c1-13-11-20-18(17-6-5-16(26)12-19(13)17)7-9-22(4)21(20)8-10-23(22,14(2)24)27-15(3)25/h11-12,17-18,20-21H,5-10H2,1-4H3/t17-,18-,20-,21+,22+,23+/m1/s1. The van der Waals surface area contributed by atoms with Crippen molar-refractivity contribution in [1.82, 2.24) is 0 Å². The molecular formula is C23H30O4. The second-order valence-corrected chi connectivity index (χ2v) is 9.38. The maximum atomic E-state index is 12.7. The van der Waals surface area contributed by atoms with Crippen LogP contribution in [0.3, 0.4) is 0 Å². The highest BCUT2D eigenvalue weighted by atomic mass is 16.6. The molecule has 6 atom stereocenters. The predicted octanol–water partition coefficient (Wildman–Crippen LogP) is 4.19. The van der Waals surface area contributed by atoms with Crippen molar-refractivity contribution in [3.8, 4) is 0 Å². The number of ether oxygens (including phenoxy) is 1. The number of fused-ring (bicyclic) bond motifs is 5. The number of esters is 1. The number of carbonyl (C=O) groups is 3. The lowest BCUT2D eigenvalue weighted by Gasteiger charge is -2.54. The highest BCUT2D eigenvalue weighted by Gasteiger charge is 2.66. The van der Waals surface area contributed by atoms with E-state index in [1.807, 2.05) is 6.08 Å². The molecule has 4 aliphatic carbocycles. The van der Waals surface area contributed by atoms with Crippen LogP contribution in [0.4, 0.5) is 0 Å². The molecule has 0 heterocycles. The van der Waals surface area contributed by atoms with Crippen LogP contribution >= 0.6 is 0 Å². The lowest BCUT2D eigenvalue weighted by atomic mass is 9.51. The lowest BCUT2D eigenvalue weighted by Crippen LogP contribution is -2.57. The molecule has 0 N–H and O–H groups in total. The maximum Gasteiger partial charge on any atom is 0.303 e. The van der Waals surface area contributed by atoms with Gasteiger partial charge in [-0.2, -0.15) is 0 Å². The first-order valence-electron chi connectivity index (χ1n) is 10.3. The van der Waals surface area contributed by atoms with Gasteiger partial charge in [-0.3, -0.25) is 14.4 Å². The second kappa shape index (κ2) is 6.15. The fourth-order valence-electron chi connectivity index (χ4n) is 7.04. The largest absolute Gasteiger partial charge is 0.451 e. The molecule has 2 fully saturated rings. The molecule has 27 heavy (non-hydrogen) atoms. The second-order valence-electron chi connectivity index (χ2n) is 9.38. The molecule has 4 nitrogen and oxygen atoms in total. The molecule has 0 aromatic heterocycles. The van der Waals surface area contributed by atoms with Crippen molar-refractivity contribution in [1.29, 1.82) is 0 Å². The van der Waals surface area contributed by atoms with Crippen LogP contribution in [0.15, 0.2) is 23.3 Å². The van der Waals surface area contributed by atoms with Gasteiger partial charge in [0.05, 0.1) is 0 Å². The Morgan fingerprint density at radius 2 is 1.89 bits per heavy atom. The Balaban J connectivity index is 1.75. The van der Waals surface area contributed by atoms with E-state index in [0.717, 1.165) is 25.7 Å². The van der Waals surface area contributed by atoms with Gasteiger partial charge in [0.25, 0.3) is 0 Å². The van der Waals surface area contributed by atoms with E-state index in [9.17, 15) is 14.4 Å². The molecule has 0 amide bonds. The van der Waals surface area contributed by atoms with Crippen molar-refractivity contribution in [3.63, 3.8) is 0 Å². The molecule has 4 heteroatoms. The summed E-state index contributed by atoms with van der Waals surface area (Å²) in [5.74, 6) is 1.61. The first-order valence-corrected chi connectivity index (χ1v) is 10.3. The average Bonchev–Trinajstić information content (AvgIpc) is 2.89. The molecule has 2 saturated carbocycles. The van der Waals surface area contributed by atoms with Gasteiger partial charge in [0.15, 0.2) is 17.2 Å². The summed E-state index contributed by atoms with van der Waals surface area (Å²) in [6.45, 7) is 7.29. The van der Waals surface area contributed by atoms with Gasteiger partial charge in [-0.15, -0.1) is 0 Å². The lowest BCUT2D eigenvalue weighted by molar-refractivity contribution is -0.184. The van der Waals surface area contributed by atoms with E-state index in [1.165, 1.54) is 18.1 Å². The van der Waals surface area contributed by atoms with Crippen LogP contribution in [0.5, 0.6) is 0 Å². The van der Waals surface area contributed by atoms with Crippen LogP contribution in [-0.4, -0.2) is 23.1 Å². The van der Waals surface area contributed by atoms with Crippen molar-refractivity contribution in [2.45, 2.75) is 71.8 Å². The van der Waals surface area contributed by atoms with Crippen molar-refractivity contribution >= 4 is 17.5 Å². The number of hydrogen-bond donors (Lipinski definition) is 0. The minimum Gasteiger partial charge on any atom is -0.451 e. The SMILES string of the molecule is CC(=O)O[C@]1(C(C)=O)CC[C@H]2[C@@H]3C=C(C)C4=CC(=O)CC[C@@H]4[C@H]3CC[C@@]21C. The number of ketones is 2. The molecular weight excluding hydrogens is 340 g/mol. The maximum absolute atomic E-state index is 12.7. The quantitative estimate of drug-likeness (QED) is 0.684. The zero-order valence-corrected chi connectivity index (χ0v) is 16.8. The Morgan fingerprint density at radius 3 is 2.56 bits per heavy atom. The van der Waals surface area contributed by atoms with E-state index in [1.54, 1.807) is 6.92 Å². The summed E-state index contributed by atoms with van der Waals surface area (Å²) in [4.78, 5) is 36.5. The van der Waals surface area contributed by atoms with Gasteiger partial charge in [-0.25, -0.2) is 0 Å². The number of carbonyl (C=O) groups excluding carboxylic acids is 3. The van der Waals surface area contributed by atoms with E-state index in [0.29, 0.717) is 36.5 Å². The summed E-state index contributed by atoms with van der Waals surface area (Å²) in [5.41, 5.74) is 1.18. The topological polar surface area (TPSA) is 60.4 Å². The average molecular weight is 370 g/mol. The van der Waals surface area contributed by atoms with Crippen LogP contribution < -0.4 is 0 Å². The van der Waals surface area contributed by atoms with Crippen LogP contribution in [0.1, 0.15) is 66.2 Å². The minimum absolute atomic E-state index is 0.0125. The summed E-state index contributed by atoms with van der Waals surface area (Å²) in [6, 6.07) is 0. The highest BCUT2D eigenvalue weighted by molar-refractivity contribution is 5.92. The third-order valence-electron chi connectivity index (χ3n) is 8.22. The number of hydrogen-bond acceptors (Lipinski definition) is 4. The third kappa shape index (κ3) is 2.51. The van der Waals surface area contributed by atoms with Crippen LogP contribution in [-0.2, 0) is 19.1 Å². The van der Waals surface area contributed by atoms with Crippen molar-refractivity contribution in [2.24, 2.45) is 29.1 Å². The minimum atomic E-state index is -0.977. The molecule has 0 aromatic carbocycles. The number of Topliss-reactive ketones (excluding diaryl/α,β-unsaturated/α-hetero) is 1. The van der Waals surface area contributed by atoms with Crippen molar-refractivity contribution < 1.29 is 19.1 Å². The molecule has 4 aliphatic rings. The fraction of sp³-hybridized carbons (Fsp3) is 0.696. The van der Waals surface area contributed by atoms with Crippen LogP contribution in [0.25, 0.3) is 0 Å². The Hall–Kier alpha value is -1.71. The molecule has 146 valence electrons. The van der Waals surface area contributed by atoms with E-state index >= 15 is 0 Å². The molecule has 0 spiro atoms. The normalized spacial score (nSPS) is 43.0. The van der Waals surface area contributed by atoms with Gasteiger partial charge in [0, 0.05) is 18.8 Å². The molecule has 0 aromatic rings. The van der Waals surface area contributed by atoms with E-state index in [4.69, 9.17) is 4.74 Å². The number of allylic oxidation sites excluding steroid dienone is 4. The van der Waals surface area contributed by atoms with E-state index in [-0.39, 0.29) is 23.0 Å². The summed E-state index contributed by atoms with van der Waals surface area (Å²) < 4.78 is 5.79. The first-order chi connectivity index (χ1) is 12.7. The Bertz CT molecular complexity index is 775. The Labute approximate surface area is 161 Å². The smallest absolute Gasteiger partial charge is 0.303 e. The molecule has 0 radical (unpaired) electrons. The van der Waals surface area contributed by atoms with Gasteiger partial charge in [0.1, 0.15) is 0 Å². The highest BCUT2D eigenvalue weighted by Crippen LogP contribution is 2.65. The van der Waals surface area contributed by atoms with Gasteiger partial charge in [-0.05, 0) is 81.3 Å². The molecule has 4 rings (SSSR count). The first kappa shape index (κ1) is 18.6. The molecule has 0 bridgehead atoms. The molecule has 0 saturated heterocycles.